The van der Waals surface area contributed by atoms with Crippen molar-refractivity contribution in [1.29, 1.82) is 0 Å². The Balaban J connectivity index is 0.000000242. The van der Waals surface area contributed by atoms with Crippen molar-refractivity contribution in [2.45, 2.75) is 5.51 Å². The summed E-state index contributed by atoms with van der Waals surface area (Å²) in [5.74, 6) is -0.295. The van der Waals surface area contributed by atoms with Gasteiger partial charge in [-0.3, -0.25) is 9.59 Å². The lowest BCUT2D eigenvalue weighted by atomic mass is 9.90. The molecule has 0 radical (unpaired) electrons. The van der Waals surface area contributed by atoms with Crippen LogP contribution in [0.25, 0.3) is 0 Å². The summed E-state index contributed by atoms with van der Waals surface area (Å²) in [7, 11) is -2.76. The minimum Gasteiger partial charge on any atom is -0.741 e. The Morgan fingerprint density at radius 3 is 2.00 bits per heavy atom. The number of fused-ring (bicyclic) bond motifs is 2. The summed E-state index contributed by atoms with van der Waals surface area (Å²) in [5.41, 5.74) is -4.03. The number of hydrogen-bond acceptors (Lipinski definition) is 6. The van der Waals surface area contributed by atoms with Gasteiger partial charge in [-0.25, -0.2) is 8.42 Å². The number of aryl methyl sites for hydroxylation is 2. The molecular weight excluding hydrogens is 367 g/mol. The third-order valence-electron chi connectivity index (χ3n) is 3.27. The van der Waals surface area contributed by atoms with Crippen LogP contribution in [-0.4, -0.2) is 39.9 Å². The summed E-state index contributed by atoms with van der Waals surface area (Å²) in [6.07, 6.45) is 0. The average molecular weight is 377 g/mol. The van der Waals surface area contributed by atoms with E-state index in [0.717, 1.165) is 0 Å². The van der Waals surface area contributed by atoms with Gasteiger partial charge in [0, 0.05) is 11.1 Å². The van der Waals surface area contributed by atoms with Crippen LogP contribution in [0.4, 0.5) is 13.2 Å². The molecule has 0 saturated heterocycles. The van der Waals surface area contributed by atoms with Crippen LogP contribution in [0, 0.1) is 0 Å². The van der Waals surface area contributed by atoms with Crippen molar-refractivity contribution < 1.29 is 40.4 Å². The van der Waals surface area contributed by atoms with E-state index in [-0.39, 0.29) is 11.6 Å². The highest BCUT2D eigenvalue weighted by molar-refractivity contribution is 7.86. The van der Waals surface area contributed by atoms with Crippen molar-refractivity contribution in [3.05, 3.63) is 46.8 Å². The van der Waals surface area contributed by atoms with Gasteiger partial charge in [0.25, 0.3) is 0 Å². The highest BCUT2D eigenvalue weighted by atomic mass is 32.2. The van der Waals surface area contributed by atoms with Crippen molar-refractivity contribution >= 4 is 21.7 Å². The zero-order valence-electron chi connectivity index (χ0n) is 12.7. The number of halogens is 3. The summed E-state index contributed by atoms with van der Waals surface area (Å²) < 4.78 is 61.8. The maximum Gasteiger partial charge on any atom is 0.485 e. The molecule has 0 atom stereocenters. The van der Waals surface area contributed by atoms with E-state index in [1.54, 1.807) is 38.4 Å². The maximum absolute atomic E-state index is 12.3. The summed E-state index contributed by atoms with van der Waals surface area (Å²) in [4.78, 5) is 24.5. The molecule has 12 heteroatoms. The van der Waals surface area contributed by atoms with E-state index in [4.69, 9.17) is 13.0 Å². The van der Waals surface area contributed by atoms with Gasteiger partial charge in [-0.1, -0.05) is 24.3 Å². The third kappa shape index (κ3) is 3.30. The predicted molar refractivity (Wildman–Crippen MR) is 73.4 cm³/mol. The molecule has 1 aromatic heterocycles. The number of rotatable bonds is 0. The number of benzene rings is 1. The minimum atomic E-state index is -6.09. The molecule has 8 nitrogen and oxygen atoms in total. The van der Waals surface area contributed by atoms with Crippen LogP contribution in [0.2, 0.25) is 0 Å². The van der Waals surface area contributed by atoms with E-state index in [2.05, 4.69) is 5.21 Å². The summed E-state index contributed by atoms with van der Waals surface area (Å²) in [6.45, 7) is 0. The number of aromatic nitrogens is 3. The Labute approximate surface area is 139 Å². The van der Waals surface area contributed by atoms with Crippen LogP contribution in [0.1, 0.15) is 32.1 Å². The van der Waals surface area contributed by atoms with E-state index < -0.39 is 15.6 Å². The van der Waals surface area contributed by atoms with Crippen LogP contribution in [0.15, 0.2) is 24.3 Å². The third-order valence-corrected chi connectivity index (χ3v) is 3.84. The number of carbonyl (C=O) groups is 2. The molecular formula is C13H10F3N3O5S. The molecule has 1 aliphatic rings. The van der Waals surface area contributed by atoms with Crippen molar-refractivity contribution in [3.63, 3.8) is 0 Å². The molecule has 0 saturated carbocycles. The molecule has 3 rings (SSSR count). The Bertz CT molecular complexity index is 924. The fourth-order valence-corrected chi connectivity index (χ4v) is 2.24. The first-order valence-corrected chi connectivity index (χ1v) is 7.91. The van der Waals surface area contributed by atoms with Crippen molar-refractivity contribution in [2.75, 3.05) is 0 Å². The molecule has 1 aliphatic carbocycles. The SMILES string of the molecule is Cn1n[n+](C)c2c1C(=O)c1ccccc1C2=O.O=S(=O)([O-])C(F)(F)F. The first-order valence-electron chi connectivity index (χ1n) is 6.50. The van der Waals surface area contributed by atoms with E-state index in [9.17, 15) is 22.8 Å². The van der Waals surface area contributed by atoms with Crippen molar-refractivity contribution in [2.24, 2.45) is 14.1 Å². The zero-order valence-corrected chi connectivity index (χ0v) is 13.6. The standard InChI is InChI=1S/C12H10N3O2.CHF3O3S/c1-14-9-10(15(2)13-14)12(17)8-6-4-3-5-7(8)11(9)16;2-1(3,4)8(5,6)7/h3-6H,1-2H3;(H,5,6,7)/q+1;/p-1. The molecule has 2 aromatic rings. The van der Waals surface area contributed by atoms with Gasteiger partial charge in [0.2, 0.25) is 23.0 Å². The number of carbonyl (C=O) groups excluding carboxylic acids is 2. The quantitative estimate of drug-likeness (QED) is 0.311. The average Bonchev–Trinajstić information content (AvgIpc) is 2.78. The van der Waals surface area contributed by atoms with Gasteiger partial charge < -0.3 is 4.55 Å². The lowest BCUT2D eigenvalue weighted by Gasteiger charge is -2.10. The van der Waals surface area contributed by atoms with Gasteiger partial charge >= 0.3 is 5.51 Å². The molecule has 0 fully saturated rings. The van der Waals surface area contributed by atoms with Crippen molar-refractivity contribution in [1.82, 2.24) is 9.90 Å². The fraction of sp³-hybridized carbons (Fsp3) is 0.231. The second-order valence-corrected chi connectivity index (χ2v) is 6.31. The second kappa shape index (κ2) is 6.04. The van der Waals surface area contributed by atoms with Crippen LogP contribution >= 0.6 is 0 Å². The molecule has 134 valence electrons. The molecule has 0 N–H and O–H groups in total. The largest absolute Gasteiger partial charge is 0.741 e. The monoisotopic (exact) mass is 377 g/mol. The van der Waals surface area contributed by atoms with E-state index >= 15 is 0 Å². The summed E-state index contributed by atoms with van der Waals surface area (Å²) in [5, 5.41) is 4.07. The van der Waals surface area contributed by atoms with Crippen LogP contribution < -0.4 is 4.68 Å². The normalized spacial score (nSPS) is 13.7. The topological polar surface area (TPSA) is 113 Å². The van der Waals surface area contributed by atoms with Crippen LogP contribution in [0.5, 0.6) is 0 Å². The van der Waals surface area contributed by atoms with Gasteiger partial charge in [0.05, 0.1) is 5.21 Å². The molecule has 0 unspecified atom stereocenters. The van der Waals surface area contributed by atoms with Crippen LogP contribution in [-0.2, 0) is 24.2 Å². The van der Waals surface area contributed by atoms with Gasteiger partial charge in [-0.05, 0) is 0 Å². The Kier molecular flexibility index (Phi) is 4.53. The minimum absolute atomic E-state index is 0.147. The molecule has 1 heterocycles. The molecule has 0 spiro atoms. The molecule has 0 bridgehead atoms. The smallest absolute Gasteiger partial charge is 0.485 e. The van der Waals surface area contributed by atoms with E-state index in [1.165, 1.54) is 9.36 Å². The van der Waals surface area contributed by atoms with Gasteiger partial charge in [0.1, 0.15) is 14.1 Å². The molecule has 1 aromatic carbocycles. The summed E-state index contributed by atoms with van der Waals surface area (Å²) >= 11 is 0. The van der Waals surface area contributed by atoms with Gasteiger partial charge in [0.15, 0.2) is 10.1 Å². The highest BCUT2D eigenvalue weighted by Gasteiger charge is 2.40. The van der Waals surface area contributed by atoms with Gasteiger partial charge in [-0.15, -0.1) is 9.36 Å². The first-order chi connectivity index (χ1) is 11.4. The fourth-order valence-electron chi connectivity index (χ4n) is 2.24. The Hall–Kier alpha value is -2.60. The lowest BCUT2D eigenvalue weighted by molar-refractivity contribution is -0.733. The molecule has 0 amide bonds. The first kappa shape index (κ1) is 18.7. The Morgan fingerprint density at radius 1 is 1.12 bits per heavy atom. The van der Waals surface area contributed by atoms with Crippen molar-refractivity contribution in [3.8, 4) is 0 Å². The molecule has 25 heavy (non-hydrogen) atoms. The summed E-state index contributed by atoms with van der Waals surface area (Å²) in [6, 6.07) is 6.85. The maximum atomic E-state index is 12.3. The van der Waals surface area contributed by atoms with Gasteiger partial charge in [-0.2, -0.15) is 13.2 Å². The number of ketones is 2. The number of alkyl halides is 3. The molecule has 0 aliphatic heterocycles. The van der Waals surface area contributed by atoms with E-state index in [0.29, 0.717) is 22.5 Å². The number of nitrogens with zero attached hydrogens (tertiary/aromatic N) is 3. The number of hydrogen-bond donors (Lipinski definition) is 0. The van der Waals surface area contributed by atoms with Crippen LogP contribution in [0.3, 0.4) is 0 Å². The zero-order chi connectivity index (χ0) is 19.2. The van der Waals surface area contributed by atoms with E-state index in [1.807, 2.05) is 0 Å². The predicted octanol–water partition coefficient (Wildman–Crippen LogP) is 0.0714. The highest BCUT2D eigenvalue weighted by Crippen LogP contribution is 2.24. The lowest BCUT2D eigenvalue weighted by Crippen LogP contribution is -2.39. The second-order valence-electron chi connectivity index (χ2n) is 4.94. The Morgan fingerprint density at radius 2 is 1.56 bits per heavy atom.